The van der Waals surface area contributed by atoms with Gasteiger partial charge in [-0.25, -0.2) is 14.6 Å². The van der Waals surface area contributed by atoms with Gasteiger partial charge in [-0.15, -0.1) is 0 Å². The average Bonchev–Trinajstić information content (AvgIpc) is 0.779. The van der Waals surface area contributed by atoms with Gasteiger partial charge in [-0.05, 0) is 194 Å². The quantitative estimate of drug-likeness (QED) is 0.0600. The van der Waals surface area contributed by atoms with Gasteiger partial charge in [0.15, 0.2) is 0 Å². The molecule has 0 saturated heterocycles. The Hall–Kier alpha value is -11.2. The fourth-order valence-electron chi connectivity index (χ4n) is 13.3. The van der Waals surface area contributed by atoms with E-state index in [4.69, 9.17) is 18.9 Å². The van der Waals surface area contributed by atoms with Crippen molar-refractivity contribution in [1.82, 2.24) is 88.3 Å². The Kier molecular flexibility index (Phi) is 36.0. The Morgan fingerprint density at radius 1 is 0.525 bits per heavy atom. The maximum atomic E-state index is 12.8. The van der Waals surface area contributed by atoms with E-state index in [1.54, 1.807) is 203 Å². The van der Waals surface area contributed by atoms with Crippen LogP contribution in [0.5, 0.6) is 23.0 Å². The SMILES string of the molecule is CCC(=O)n1ccnc1.CNC(=O)N1CCc2c(c(-c3cc(OC)c(CN(C)C)c(OC)c3)cn(C)c2=O)C1.CNC(=O)N1CCc2c(c(Br)cn(C)c2=O)C1.COc1cc(B(O)O)cc(OC)c1CN(C)C.Cn1cc(Br)c2c(c1=O)CCNC2.Cn1cc(Br)c2cnccc2c1=O.O=c1[nH]cc(Br)c2cnccc12.O=c1[nH]ccc2cnccc12. The van der Waals surface area contributed by atoms with Gasteiger partial charge in [-0.1, -0.05) is 6.92 Å². The molecule has 3 aliphatic heterocycles. The highest BCUT2D eigenvalue weighted by Crippen LogP contribution is 2.39. The minimum atomic E-state index is -1.54. The number of aryl methyl sites for hydroxylation is 4. The molecule has 33 nitrogen and oxygen atoms in total. The molecular weight excluding hydrogens is 1830 g/mol. The zero-order chi connectivity index (χ0) is 89.3. The minimum Gasteiger partial charge on any atom is -0.496 e. The topological polar surface area (TPSA) is 388 Å². The normalized spacial score (nSPS) is 12.2. The molecule has 7 N–H and O–H groups in total. The number of aromatic amines is 2. The smallest absolute Gasteiger partial charge is 0.488 e. The molecule has 3 aliphatic rings. The zero-order valence-corrected chi connectivity index (χ0v) is 76.7. The third kappa shape index (κ3) is 24.6. The first kappa shape index (κ1) is 96.2. The van der Waals surface area contributed by atoms with Crippen LogP contribution in [-0.4, -0.2) is 198 Å². The van der Waals surface area contributed by atoms with E-state index in [1.165, 1.54) is 10.9 Å². The fraction of sp³-hybridized carbons (Fsp3) is 0.321. The van der Waals surface area contributed by atoms with Crippen molar-refractivity contribution >= 4 is 127 Å². The van der Waals surface area contributed by atoms with E-state index in [0.717, 1.165) is 121 Å². The van der Waals surface area contributed by atoms with Crippen LogP contribution in [-0.2, 0) is 80.2 Å². The minimum absolute atomic E-state index is 0.000556. The van der Waals surface area contributed by atoms with Gasteiger partial charge in [0.1, 0.15) is 29.3 Å². The number of fused-ring (bicyclic) bond motifs is 6. The second-order valence-electron chi connectivity index (χ2n) is 28.3. The Balaban J connectivity index is 0.000000178. The fourth-order valence-corrected chi connectivity index (χ4v) is 15.7. The molecule has 15 rings (SSSR count). The van der Waals surface area contributed by atoms with E-state index in [0.29, 0.717) is 91.7 Å². The Labute approximate surface area is 737 Å². The molecule has 0 atom stereocenters. The molecular formula is C84H99BBr4N18O15. The van der Waals surface area contributed by atoms with Crippen molar-refractivity contribution < 1.29 is 43.4 Å². The van der Waals surface area contributed by atoms with Crippen molar-refractivity contribution in [3.8, 4) is 34.1 Å². The molecule has 10 aromatic heterocycles. The molecule has 2 aromatic carbocycles. The largest absolute Gasteiger partial charge is 0.496 e. The van der Waals surface area contributed by atoms with Crippen LogP contribution in [0, 0.1) is 0 Å². The highest BCUT2D eigenvalue weighted by molar-refractivity contribution is 9.11. The number of halogens is 4. The van der Waals surface area contributed by atoms with Gasteiger partial charge in [0.05, 0.1) is 55.7 Å². The number of nitrogens with zero attached hydrogens (tertiary/aromatic N) is 13. The molecule has 0 bridgehead atoms. The summed E-state index contributed by atoms with van der Waals surface area (Å²) in [5.74, 6) is 2.69. The van der Waals surface area contributed by atoms with E-state index in [9.17, 15) is 53.2 Å². The number of H-pyrrole nitrogens is 2. The van der Waals surface area contributed by atoms with Crippen LogP contribution in [0.2, 0.25) is 0 Å². The maximum absolute atomic E-state index is 12.8. The summed E-state index contributed by atoms with van der Waals surface area (Å²) in [6.45, 7) is 6.79. The first-order valence-corrected chi connectivity index (χ1v) is 41.3. The maximum Gasteiger partial charge on any atom is 0.488 e. The Morgan fingerprint density at radius 2 is 0.984 bits per heavy atom. The molecule has 12 aromatic rings. The summed E-state index contributed by atoms with van der Waals surface area (Å²) >= 11 is 13.6. The van der Waals surface area contributed by atoms with Gasteiger partial charge in [-0.2, -0.15) is 0 Å². The lowest BCUT2D eigenvalue weighted by Crippen LogP contribution is -2.43. The number of urea groups is 2. The number of imidazole rings is 1. The van der Waals surface area contributed by atoms with Gasteiger partial charge >= 0.3 is 19.2 Å². The molecule has 0 radical (unpaired) electrons. The number of aromatic nitrogens is 11. The number of ether oxygens (including phenoxy) is 4. The summed E-state index contributed by atoms with van der Waals surface area (Å²) in [6, 6.07) is 13.8. The number of carbonyl (C=O) groups is 3. The number of hydrogen-bond donors (Lipinski definition) is 7. The van der Waals surface area contributed by atoms with Crippen molar-refractivity contribution in [2.45, 2.75) is 65.3 Å². The lowest BCUT2D eigenvalue weighted by molar-refractivity contribution is 0.0908. The lowest BCUT2D eigenvalue weighted by atomic mass is 9.79. The molecule has 0 spiro atoms. The number of hydrogen-bond acceptors (Lipinski definition) is 22. The Morgan fingerprint density at radius 3 is 1.48 bits per heavy atom. The molecule has 13 heterocycles. The van der Waals surface area contributed by atoms with Crippen LogP contribution in [0.3, 0.4) is 0 Å². The van der Waals surface area contributed by atoms with Crippen molar-refractivity contribution in [2.24, 2.45) is 28.2 Å². The van der Waals surface area contributed by atoms with Crippen LogP contribution in [0.1, 0.15) is 62.6 Å². The monoisotopic (exact) mass is 1930 g/mol. The molecule has 38 heteroatoms. The molecule has 0 saturated carbocycles. The van der Waals surface area contributed by atoms with Crippen molar-refractivity contribution in [2.75, 3.05) is 90.4 Å². The third-order valence-corrected chi connectivity index (χ3v) is 22.2. The summed E-state index contributed by atoms with van der Waals surface area (Å²) in [4.78, 5) is 133. The number of amides is 4. The van der Waals surface area contributed by atoms with Crippen LogP contribution in [0.15, 0.2) is 188 Å². The summed E-state index contributed by atoms with van der Waals surface area (Å²) < 4.78 is 33.3. The van der Waals surface area contributed by atoms with Gasteiger partial charge in [0.2, 0.25) is 5.91 Å². The summed E-state index contributed by atoms with van der Waals surface area (Å²) in [7, 11) is 22.9. The summed E-state index contributed by atoms with van der Waals surface area (Å²) in [6.07, 6.45) is 27.5. The van der Waals surface area contributed by atoms with E-state index in [1.807, 2.05) is 70.6 Å². The second-order valence-corrected chi connectivity index (χ2v) is 31.7. The van der Waals surface area contributed by atoms with Crippen LogP contribution < -0.4 is 73.7 Å². The van der Waals surface area contributed by atoms with Gasteiger partial charge < -0.3 is 92.8 Å². The van der Waals surface area contributed by atoms with Crippen LogP contribution in [0.4, 0.5) is 9.59 Å². The zero-order valence-electron chi connectivity index (χ0n) is 70.4. The van der Waals surface area contributed by atoms with Crippen molar-refractivity contribution in [1.29, 1.82) is 0 Å². The van der Waals surface area contributed by atoms with Gasteiger partial charge in [0.25, 0.3) is 33.4 Å². The van der Waals surface area contributed by atoms with Crippen LogP contribution >= 0.6 is 63.7 Å². The number of methoxy groups -OCH3 is 4. The van der Waals surface area contributed by atoms with E-state index >= 15 is 0 Å². The second kappa shape index (κ2) is 45.6. The predicted octanol–water partition coefficient (Wildman–Crippen LogP) is 8.15. The molecule has 0 aliphatic carbocycles. The lowest BCUT2D eigenvalue weighted by Gasteiger charge is -2.30. The van der Waals surface area contributed by atoms with Crippen molar-refractivity contribution in [3.63, 3.8) is 0 Å². The molecule has 0 unspecified atom stereocenters. The number of carbonyl (C=O) groups excluding carboxylic acids is 3. The highest BCUT2D eigenvalue weighted by Gasteiger charge is 2.29. The van der Waals surface area contributed by atoms with Gasteiger partial charge in [0, 0.05) is 238 Å². The predicted molar refractivity (Wildman–Crippen MR) is 486 cm³/mol. The molecule has 646 valence electrons. The molecule has 0 fully saturated rings. The van der Waals surface area contributed by atoms with Crippen LogP contribution in [0.25, 0.3) is 43.4 Å². The molecule has 4 amide bonds. The first-order chi connectivity index (χ1) is 58.2. The van der Waals surface area contributed by atoms with Gasteiger partial charge in [-0.3, -0.25) is 53.1 Å². The Bertz CT molecular complexity index is 6020. The average molecular weight is 1930 g/mol. The van der Waals surface area contributed by atoms with E-state index < -0.39 is 7.12 Å². The summed E-state index contributed by atoms with van der Waals surface area (Å²) in [5.41, 5.74) is 9.39. The first-order valence-electron chi connectivity index (χ1n) is 38.1. The van der Waals surface area contributed by atoms with Crippen molar-refractivity contribution in [3.05, 3.63) is 266 Å². The highest BCUT2D eigenvalue weighted by atomic mass is 79.9. The summed E-state index contributed by atoms with van der Waals surface area (Å²) in [5, 5.41) is 31.4. The molecule has 122 heavy (non-hydrogen) atoms. The number of nitrogens with one attached hydrogen (secondary N) is 5. The van der Waals surface area contributed by atoms with E-state index in [2.05, 4.69) is 114 Å². The standard InChI is InChI=1S/C22H30N4O4.C11H18BNO4.C11H14BrN3O2.C9H11BrN2O.C9H7BrN2O.C8H5BrN2O.C8H6N2O.C6H8N2O/c1-23-22(28)26-8-7-15-17(13-26)16(12-25(4)21(15)27)14-9-19(29-5)18(11-24(2)3)20(10-14)30-6;1-13(2)7-9-10(16-3)5-8(12(14)15)6-11(9)17-4;1-13-11(17)15-4-3-7-8(5-15)9(12)6-14(2)10(7)16;2*1-12-5-8(10)7-4-11-3-2-6(7)9(12)13;9-7-4-11-8(12)5-1-2-10-3-6(5)7;11-8-7-2-3-9-5-6(7)1-4-10-8;1-2-6(9)8-4-3-7-5-8/h9-10,12H,7-8,11,13H2,1-6H3,(H,23,28);5-6,14-15H,7H2,1-4H3;6H,3-5H2,1-2H3,(H,13,17);5,11H,2-4H2,1H3;2-5H,1H3;1-4H,(H,11,12);1-5H,(H,10,11);3-5H,2H2,1H3. The number of rotatable bonds is 11. The van der Waals surface area contributed by atoms with E-state index in [-0.39, 0.29) is 51.3 Å². The number of benzene rings is 2. The third-order valence-electron chi connectivity index (χ3n) is 19.5. The number of pyridine rings is 9.